The van der Waals surface area contributed by atoms with E-state index in [0.29, 0.717) is 0 Å². The van der Waals surface area contributed by atoms with Crippen molar-refractivity contribution in [2.75, 3.05) is 5.32 Å². The molecular weight excluding hydrogens is 254 g/mol. The van der Waals surface area contributed by atoms with Gasteiger partial charge in [-0.25, -0.2) is 4.98 Å². The molecule has 20 heavy (non-hydrogen) atoms. The van der Waals surface area contributed by atoms with E-state index in [2.05, 4.69) is 31.1 Å². The van der Waals surface area contributed by atoms with Gasteiger partial charge in [0.25, 0.3) is 0 Å². The maximum absolute atomic E-state index is 11.0. The first-order valence-corrected chi connectivity index (χ1v) is 6.35. The number of hydrogen-bond acceptors (Lipinski definition) is 4. The number of pyridine rings is 1. The van der Waals surface area contributed by atoms with Crippen molar-refractivity contribution in [3.8, 4) is 0 Å². The summed E-state index contributed by atoms with van der Waals surface area (Å²) in [5, 5.41) is 14.1. The second-order valence-corrected chi connectivity index (χ2v) is 5.55. The molecule has 0 amide bonds. The Morgan fingerprint density at radius 2 is 1.85 bits per heavy atom. The molecule has 1 N–H and O–H groups in total. The molecule has 1 aromatic carbocycles. The van der Waals surface area contributed by atoms with Gasteiger partial charge in [0, 0.05) is 18.0 Å². The summed E-state index contributed by atoms with van der Waals surface area (Å²) < 4.78 is 0. The van der Waals surface area contributed by atoms with Crippen LogP contribution in [0.5, 0.6) is 0 Å². The Morgan fingerprint density at radius 3 is 2.50 bits per heavy atom. The molecule has 0 saturated carbocycles. The van der Waals surface area contributed by atoms with E-state index in [1.165, 1.54) is 12.3 Å². The largest absolute Gasteiger partial charge is 0.334 e. The van der Waals surface area contributed by atoms with E-state index >= 15 is 0 Å². The molecule has 5 heteroatoms. The van der Waals surface area contributed by atoms with Gasteiger partial charge in [0.1, 0.15) is 0 Å². The average molecular weight is 271 g/mol. The van der Waals surface area contributed by atoms with Crippen LogP contribution in [0.2, 0.25) is 0 Å². The van der Waals surface area contributed by atoms with Gasteiger partial charge in [0.05, 0.1) is 4.92 Å². The summed E-state index contributed by atoms with van der Waals surface area (Å²) in [6, 6.07) is 10.8. The van der Waals surface area contributed by atoms with Crippen LogP contribution in [0.1, 0.15) is 26.3 Å². The summed E-state index contributed by atoms with van der Waals surface area (Å²) in [7, 11) is 0. The number of nitro groups is 1. The fraction of sp³-hybridized carbons (Fsp3) is 0.267. The highest BCUT2D eigenvalue weighted by atomic mass is 16.6. The van der Waals surface area contributed by atoms with Crippen LogP contribution < -0.4 is 5.32 Å². The van der Waals surface area contributed by atoms with Crippen molar-refractivity contribution in [3.63, 3.8) is 0 Å². The van der Waals surface area contributed by atoms with Gasteiger partial charge in [-0.15, -0.1) is 0 Å². The maximum atomic E-state index is 11.0. The van der Waals surface area contributed by atoms with Crippen LogP contribution in [0.4, 0.5) is 17.2 Å². The Morgan fingerprint density at radius 1 is 1.15 bits per heavy atom. The summed E-state index contributed by atoms with van der Waals surface area (Å²) >= 11 is 0. The molecule has 0 fully saturated rings. The molecule has 0 radical (unpaired) electrons. The van der Waals surface area contributed by atoms with E-state index in [-0.39, 0.29) is 16.9 Å². The fourth-order valence-electron chi connectivity index (χ4n) is 2.01. The van der Waals surface area contributed by atoms with Gasteiger partial charge in [-0.3, -0.25) is 10.1 Å². The predicted molar refractivity (Wildman–Crippen MR) is 79.3 cm³/mol. The number of para-hydroxylation sites is 1. The molecule has 0 atom stereocenters. The first-order valence-electron chi connectivity index (χ1n) is 6.35. The molecule has 0 aliphatic heterocycles. The van der Waals surface area contributed by atoms with Crippen LogP contribution in [-0.4, -0.2) is 9.91 Å². The lowest BCUT2D eigenvalue weighted by atomic mass is 9.86. The molecular formula is C15H17N3O2. The van der Waals surface area contributed by atoms with Crippen LogP contribution in [-0.2, 0) is 5.41 Å². The number of aromatic nitrogens is 1. The third kappa shape index (κ3) is 2.93. The van der Waals surface area contributed by atoms with Crippen LogP contribution in [0.25, 0.3) is 0 Å². The molecule has 0 saturated heterocycles. The molecule has 0 aliphatic rings. The van der Waals surface area contributed by atoms with E-state index < -0.39 is 4.92 Å². The molecule has 2 rings (SSSR count). The number of hydrogen-bond donors (Lipinski definition) is 1. The lowest BCUT2D eigenvalue weighted by Gasteiger charge is -2.23. The SMILES string of the molecule is CC(C)(C)c1ccccc1Nc1ncccc1[N+](=O)[O-]. The fourth-order valence-corrected chi connectivity index (χ4v) is 2.01. The third-order valence-electron chi connectivity index (χ3n) is 2.97. The van der Waals surface area contributed by atoms with E-state index in [0.717, 1.165) is 11.3 Å². The molecule has 0 spiro atoms. The van der Waals surface area contributed by atoms with Crippen molar-refractivity contribution < 1.29 is 4.92 Å². The van der Waals surface area contributed by atoms with E-state index in [9.17, 15) is 10.1 Å². The van der Waals surface area contributed by atoms with Crippen molar-refractivity contribution in [1.82, 2.24) is 4.98 Å². The molecule has 5 nitrogen and oxygen atoms in total. The number of anilines is 2. The molecule has 104 valence electrons. The summed E-state index contributed by atoms with van der Waals surface area (Å²) in [5.41, 5.74) is 1.82. The van der Waals surface area contributed by atoms with Crippen molar-refractivity contribution in [1.29, 1.82) is 0 Å². The smallest absolute Gasteiger partial charge is 0.311 e. The zero-order valence-corrected chi connectivity index (χ0v) is 11.8. The highest BCUT2D eigenvalue weighted by Gasteiger charge is 2.20. The minimum Gasteiger partial charge on any atom is -0.334 e. The normalized spacial score (nSPS) is 11.2. The first-order chi connectivity index (χ1) is 9.39. The van der Waals surface area contributed by atoms with Gasteiger partial charge >= 0.3 is 5.69 Å². The molecule has 0 unspecified atom stereocenters. The average Bonchev–Trinajstić information content (AvgIpc) is 2.38. The molecule has 0 bridgehead atoms. The van der Waals surface area contributed by atoms with E-state index in [4.69, 9.17) is 0 Å². The lowest BCUT2D eigenvalue weighted by molar-refractivity contribution is -0.384. The van der Waals surface area contributed by atoms with Crippen molar-refractivity contribution in [2.45, 2.75) is 26.2 Å². The van der Waals surface area contributed by atoms with Crippen LogP contribution >= 0.6 is 0 Å². The Labute approximate surface area is 117 Å². The van der Waals surface area contributed by atoms with Crippen LogP contribution in [0, 0.1) is 10.1 Å². The number of rotatable bonds is 3. The number of nitrogens with zero attached hydrogens (tertiary/aromatic N) is 2. The quantitative estimate of drug-likeness (QED) is 0.676. The van der Waals surface area contributed by atoms with Crippen molar-refractivity contribution in [2.24, 2.45) is 0 Å². The number of benzene rings is 1. The highest BCUT2D eigenvalue weighted by Crippen LogP contribution is 2.32. The molecule has 2 aromatic rings. The Hall–Kier alpha value is -2.43. The Bertz CT molecular complexity index is 633. The van der Waals surface area contributed by atoms with Gasteiger partial charge < -0.3 is 5.32 Å². The monoisotopic (exact) mass is 271 g/mol. The standard InChI is InChI=1S/C15H17N3O2/c1-15(2,3)11-7-4-5-8-12(11)17-14-13(18(19)20)9-6-10-16-14/h4-10H,1-3H3,(H,16,17). The van der Waals surface area contributed by atoms with Gasteiger partial charge in [0.15, 0.2) is 0 Å². The van der Waals surface area contributed by atoms with Crippen molar-refractivity contribution >= 4 is 17.2 Å². The minimum atomic E-state index is -0.435. The predicted octanol–water partition coefficient (Wildman–Crippen LogP) is 4.03. The Kier molecular flexibility index (Phi) is 3.70. The zero-order valence-electron chi connectivity index (χ0n) is 11.8. The van der Waals surface area contributed by atoms with Gasteiger partial charge in [-0.1, -0.05) is 39.0 Å². The molecule has 0 aliphatic carbocycles. The summed E-state index contributed by atoms with van der Waals surface area (Å²) in [5.74, 6) is 0.259. The van der Waals surface area contributed by atoms with Gasteiger partial charge in [0.2, 0.25) is 5.82 Å². The van der Waals surface area contributed by atoms with Crippen molar-refractivity contribution in [3.05, 3.63) is 58.3 Å². The second-order valence-electron chi connectivity index (χ2n) is 5.55. The summed E-state index contributed by atoms with van der Waals surface area (Å²) in [6.07, 6.45) is 1.54. The molecule has 1 aromatic heterocycles. The van der Waals surface area contributed by atoms with Crippen LogP contribution in [0.15, 0.2) is 42.6 Å². The highest BCUT2D eigenvalue weighted by molar-refractivity contribution is 5.68. The number of nitrogens with one attached hydrogen (secondary N) is 1. The Balaban J connectivity index is 2.44. The summed E-state index contributed by atoms with van der Waals surface area (Å²) in [6.45, 7) is 6.29. The lowest BCUT2D eigenvalue weighted by Crippen LogP contribution is -2.14. The topological polar surface area (TPSA) is 68.1 Å². The van der Waals surface area contributed by atoms with E-state index in [1.807, 2.05) is 24.3 Å². The maximum Gasteiger partial charge on any atom is 0.311 e. The van der Waals surface area contributed by atoms with E-state index in [1.54, 1.807) is 6.07 Å². The second kappa shape index (κ2) is 5.28. The minimum absolute atomic E-state index is 0.0313. The zero-order chi connectivity index (χ0) is 14.8. The third-order valence-corrected chi connectivity index (χ3v) is 2.97. The molecule has 1 heterocycles. The van der Waals surface area contributed by atoms with Gasteiger partial charge in [-0.05, 0) is 23.1 Å². The van der Waals surface area contributed by atoms with Crippen LogP contribution in [0.3, 0.4) is 0 Å². The van der Waals surface area contributed by atoms with Gasteiger partial charge in [-0.2, -0.15) is 0 Å². The first kappa shape index (κ1) is 14.0. The summed E-state index contributed by atoms with van der Waals surface area (Å²) in [4.78, 5) is 14.6.